The van der Waals surface area contributed by atoms with E-state index in [9.17, 15) is 4.79 Å². The number of carboxylic acid groups (broad SMARTS) is 1. The molecule has 0 radical (unpaired) electrons. The first-order valence-corrected chi connectivity index (χ1v) is 6.43. The lowest BCUT2D eigenvalue weighted by Crippen LogP contribution is -1.94. The topological polar surface area (TPSA) is 59.4 Å². The first-order chi connectivity index (χ1) is 8.65. The van der Waals surface area contributed by atoms with E-state index in [0.717, 1.165) is 34.9 Å². The number of nitrogens with zero attached hydrogens (tertiary/aromatic N) is 1. The molecule has 92 valence electrons. The van der Waals surface area contributed by atoms with E-state index in [4.69, 9.17) is 9.84 Å². The van der Waals surface area contributed by atoms with Gasteiger partial charge in [-0.3, -0.25) is 0 Å². The van der Waals surface area contributed by atoms with Crippen molar-refractivity contribution in [1.29, 1.82) is 0 Å². The second-order valence-corrected chi connectivity index (χ2v) is 5.16. The van der Waals surface area contributed by atoms with Crippen molar-refractivity contribution in [3.05, 3.63) is 34.3 Å². The second kappa shape index (κ2) is 4.10. The molecule has 5 heteroatoms. The number of benzene rings is 1. The number of thiazole rings is 1. The summed E-state index contributed by atoms with van der Waals surface area (Å²) < 4.78 is 5.45. The highest BCUT2D eigenvalue weighted by Crippen LogP contribution is 2.33. The van der Waals surface area contributed by atoms with Gasteiger partial charge in [0.15, 0.2) is 0 Å². The van der Waals surface area contributed by atoms with E-state index in [1.807, 2.05) is 18.2 Å². The molecular formula is C13H11NO3S. The summed E-state index contributed by atoms with van der Waals surface area (Å²) in [6.07, 6.45) is 0.902. The van der Waals surface area contributed by atoms with Crippen LogP contribution < -0.4 is 4.74 Å². The van der Waals surface area contributed by atoms with Crippen LogP contribution in [-0.4, -0.2) is 22.7 Å². The van der Waals surface area contributed by atoms with Gasteiger partial charge in [-0.05, 0) is 30.7 Å². The van der Waals surface area contributed by atoms with Gasteiger partial charge in [0.2, 0.25) is 0 Å². The van der Waals surface area contributed by atoms with Gasteiger partial charge >= 0.3 is 5.97 Å². The highest BCUT2D eigenvalue weighted by molar-refractivity contribution is 7.17. The summed E-state index contributed by atoms with van der Waals surface area (Å²) in [4.78, 5) is 15.6. The van der Waals surface area contributed by atoms with E-state index in [0.29, 0.717) is 10.6 Å². The molecule has 0 amide bonds. The molecule has 18 heavy (non-hydrogen) atoms. The number of aromatic carboxylic acids is 1. The SMILES string of the molecule is Cc1nc(-c2ccc3c(c2)CCO3)sc1C(=O)O. The second-order valence-electron chi connectivity index (χ2n) is 4.16. The fourth-order valence-electron chi connectivity index (χ4n) is 2.04. The third-order valence-corrected chi connectivity index (χ3v) is 4.12. The van der Waals surface area contributed by atoms with E-state index in [1.165, 1.54) is 11.3 Å². The van der Waals surface area contributed by atoms with Gasteiger partial charge in [-0.1, -0.05) is 0 Å². The smallest absolute Gasteiger partial charge is 0.347 e. The van der Waals surface area contributed by atoms with Crippen LogP contribution in [0.1, 0.15) is 20.9 Å². The quantitative estimate of drug-likeness (QED) is 0.903. The van der Waals surface area contributed by atoms with Crippen LogP contribution in [0.15, 0.2) is 18.2 Å². The van der Waals surface area contributed by atoms with Crippen molar-refractivity contribution in [2.75, 3.05) is 6.61 Å². The summed E-state index contributed by atoms with van der Waals surface area (Å²) in [6, 6.07) is 5.88. The molecule has 3 rings (SSSR count). The van der Waals surface area contributed by atoms with E-state index >= 15 is 0 Å². The van der Waals surface area contributed by atoms with Crippen LogP contribution in [0.4, 0.5) is 0 Å². The summed E-state index contributed by atoms with van der Waals surface area (Å²) in [7, 11) is 0. The molecule has 2 heterocycles. The predicted octanol–water partition coefficient (Wildman–Crippen LogP) is 2.75. The highest BCUT2D eigenvalue weighted by atomic mass is 32.1. The van der Waals surface area contributed by atoms with Gasteiger partial charge in [-0.2, -0.15) is 0 Å². The molecule has 2 aromatic rings. The number of aromatic nitrogens is 1. The van der Waals surface area contributed by atoms with Crippen LogP contribution in [0.2, 0.25) is 0 Å². The third kappa shape index (κ3) is 1.76. The van der Waals surface area contributed by atoms with Gasteiger partial charge in [0.1, 0.15) is 15.6 Å². The number of hydrogen-bond acceptors (Lipinski definition) is 4. The summed E-state index contributed by atoms with van der Waals surface area (Å²) in [5, 5.41) is 9.78. The van der Waals surface area contributed by atoms with Crippen LogP contribution in [0.5, 0.6) is 5.75 Å². The summed E-state index contributed by atoms with van der Waals surface area (Å²) >= 11 is 1.21. The summed E-state index contributed by atoms with van der Waals surface area (Å²) in [6.45, 7) is 2.44. The third-order valence-electron chi connectivity index (χ3n) is 2.93. The average Bonchev–Trinajstić information content (AvgIpc) is 2.93. The molecule has 0 bridgehead atoms. The molecule has 1 aromatic carbocycles. The molecule has 1 aliphatic heterocycles. The minimum Gasteiger partial charge on any atom is -0.493 e. The molecule has 0 saturated heterocycles. The van der Waals surface area contributed by atoms with Crippen molar-refractivity contribution >= 4 is 17.3 Å². The number of hydrogen-bond donors (Lipinski definition) is 1. The van der Waals surface area contributed by atoms with Crippen LogP contribution in [0.25, 0.3) is 10.6 Å². The van der Waals surface area contributed by atoms with Crippen LogP contribution in [-0.2, 0) is 6.42 Å². The fraction of sp³-hybridized carbons (Fsp3) is 0.231. The summed E-state index contributed by atoms with van der Waals surface area (Å²) in [5.74, 6) is 0.00577. The first-order valence-electron chi connectivity index (χ1n) is 5.62. The first kappa shape index (κ1) is 11.2. The maximum Gasteiger partial charge on any atom is 0.347 e. The van der Waals surface area contributed by atoms with Crippen LogP contribution >= 0.6 is 11.3 Å². The van der Waals surface area contributed by atoms with Gasteiger partial charge in [0.25, 0.3) is 0 Å². The van der Waals surface area contributed by atoms with E-state index in [-0.39, 0.29) is 0 Å². The lowest BCUT2D eigenvalue weighted by molar-refractivity contribution is 0.0701. The van der Waals surface area contributed by atoms with Gasteiger partial charge in [0.05, 0.1) is 12.3 Å². The largest absolute Gasteiger partial charge is 0.493 e. The number of aryl methyl sites for hydroxylation is 1. The molecule has 4 nitrogen and oxygen atoms in total. The van der Waals surface area contributed by atoms with E-state index in [2.05, 4.69) is 4.98 Å². The van der Waals surface area contributed by atoms with Crippen molar-refractivity contribution in [2.45, 2.75) is 13.3 Å². The van der Waals surface area contributed by atoms with Crippen molar-refractivity contribution in [2.24, 2.45) is 0 Å². The minimum atomic E-state index is -0.916. The Labute approximate surface area is 108 Å². The maximum atomic E-state index is 11.0. The fourth-order valence-corrected chi connectivity index (χ4v) is 2.94. The molecule has 0 aliphatic carbocycles. The standard InChI is InChI=1S/C13H11NO3S/c1-7-11(13(15)16)18-12(14-7)9-2-3-10-8(6-9)4-5-17-10/h2-3,6H,4-5H2,1H3,(H,15,16). The van der Waals surface area contributed by atoms with Crippen molar-refractivity contribution in [3.63, 3.8) is 0 Å². The molecule has 1 aromatic heterocycles. The zero-order valence-corrected chi connectivity index (χ0v) is 10.6. The van der Waals surface area contributed by atoms with Crippen molar-refractivity contribution < 1.29 is 14.6 Å². The maximum absolute atomic E-state index is 11.0. The lowest BCUT2D eigenvalue weighted by atomic mass is 10.1. The molecule has 0 saturated carbocycles. The molecular weight excluding hydrogens is 250 g/mol. The Morgan fingerprint density at radius 3 is 3.06 bits per heavy atom. The zero-order valence-electron chi connectivity index (χ0n) is 9.77. The Morgan fingerprint density at radius 1 is 1.50 bits per heavy atom. The van der Waals surface area contributed by atoms with Gasteiger partial charge in [-0.25, -0.2) is 9.78 Å². The minimum absolute atomic E-state index is 0.307. The Bertz CT molecular complexity index is 633. The van der Waals surface area contributed by atoms with Gasteiger partial charge in [0, 0.05) is 12.0 Å². The number of carboxylic acids is 1. The van der Waals surface area contributed by atoms with Crippen LogP contribution in [0, 0.1) is 6.92 Å². The highest BCUT2D eigenvalue weighted by Gasteiger charge is 2.17. The Kier molecular flexibility index (Phi) is 2.56. The van der Waals surface area contributed by atoms with Gasteiger partial charge < -0.3 is 9.84 Å². The monoisotopic (exact) mass is 261 g/mol. The number of carbonyl (C=O) groups is 1. The molecule has 0 atom stereocenters. The van der Waals surface area contributed by atoms with E-state index in [1.54, 1.807) is 6.92 Å². The van der Waals surface area contributed by atoms with Crippen molar-refractivity contribution in [1.82, 2.24) is 4.98 Å². The molecule has 1 aliphatic rings. The number of rotatable bonds is 2. The summed E-state index contributed by atoms with van der Waals surface area (Å²) in [5.41, 5.74) is 2.69. The number of fused-ring (bicyclic) bond motifs is 1. The Morgan fingerprint density at radius 2 is 2.33 bits per heavy atom. The molecule has 0 spiro atoms. The van der Waals surface area contributed by atoms with Crippen LogP contribution in [0.3, 0.4) is 0 Å². The van der Waals surface area contributed by atoms with Crippen molar-refractivity contribution in [3.8, 4) is 16.3 Å². The predicted molar refractivity (Wildman–Crippen MR) is 68.4 cm³/mol. The number of ether oxygens (including phenoxy) is 1. The zero-order chi connectivity index (χ0) is 12.7. The normalized spacial score (nSPS) is 13.2. The average molecular weight is 261 g/mol. The Hall–Kier alpha value is -1.88. The Balaban J connectivity index is 2.05. The van der Waals surface area contributed by atoms with Gasteiger partial charge in [-0.15, -0.1) is 11.3 Å². The molecule has 0 fully saturated rings. The van der Waals surface area contributed by atoms with E-state index < -0.39 is 5.97 Å². The molecule has 1 N–H and O–H groups in total. The lowest BCUT2D eigenvalue weighted by Gasteiger charge is -2.00. The molecule has 0 unspecified atom stereocenters.